The summed E-state index contributed by atoms with van der Waals surface area (Å²) < 4.78 is 38.5. The van der Waals surface area contributed by atoms with Crippen molar-refractivity contribution in [3.63, 3.8) is 0 Å². The average Bonchev–Trinajstić information content (AvgIpc) is 2.81. The van der Waals surface area contributed by atoms with Crippen molar-refractivity contribution in [3.8, 4) is 0 Å². The first kappa shape index (κ1) is 17.6. The molecular weight excluding hydrogens is 283 g/mol. The van der Waals surface area contributed by atoms with Crippen molar-refractivity contribution in [2.75, 3.05) is 19.6 Å². The first-order chi connectivity index (χ1) is 9.59. The van der Waals surface area contributed by atoms with Gasteiger partial charge in [-0.3, -0.25) is 4.79 Å². The third-order valence-corrected chi connectivity index (χ3v) is 3.24. The van der Waals surface area contributed by atoms with Crippen LogP contribution in [0.5, 0.6) is 0 Å². The van der Waals surface area contributed by atoms with E-state index in [0.29, 0.717) is 19.6 Å². The van der Waals surface area contributed by atoms with Gasteiger partial charge in [-0.1, -0.05) is 13.8 Å². The average molecular weight is 305 g/mol. The summed E-state index contributed by atoms with van der Waals surface area (Å²) in [5.41, 5.74) is 5.41. The Morgan fingerprint density at radius 3 is 2.48 bits per heavy atom. The fourth-order valence-electron chi connectivity index (χ4n) is 2.01. The summed E-state index contributed by atoms with van der Waals surface area (Å²) in [6, 6.07) is 2.85. The first-order valence-electron chi connectivity index (χ1n) is 6.81. The number of hydrogen-bond acceptors (Lipinski definition) is 2. The predicted octanol–water partition coefficient (Wildman–Crippen LogP) is 2.50. The normalized spacial score (nSPS) is 12.5. The highest BCUT2D eigenvalue weighted by molar-refractivity contribution is 5.92. The van der Waals surface area contributed by atoms with Crippen LogP contribution in [-0.2, 0) is 6.54 Å². The summed E-state index contributed by atoms with van der Waals surface area (Å²) in [6.07, 6.45) is -3.09. The van der Waals surface area contributed by atoms with Crippen LogP contribution in [0.1, 0.15) is 31.3 Å². The van der Waals surface area contributed by atoms with Crippen LogP contribution >= 0.6 is 0 Å². The molecule has 4 nitrogen and oxygen atoms in total. The molecule has 0 aromatic carbocycles. The zero-order valence-corrected chi connectivity index (χ0v) is 12.6. The fourth-order valence-corrected chi connectivity index (χ4v) is 2.01. The number of alkyl halides is 3. The van der Waals surface area contributed by atoms with E-state index in [9.17, 15) is 18.0 Å². The van der Waals surface area contributed by atoms with Gasteiger partial charge in [-0.25, -0.2) is 0 Å². The molecule has 21 heavy (non-hydrogen) atoms. The van der Waals surface area contributed by atoms with E-state index >= 15 is 0 Å². The number of carbonyl (C=O) groups excluding carboxylic acids is 1. The molecule has 1 aromatic heterocycles. The van der Waals surface area contributed by atoms with E-state index in [-0.39, 0.29) is 11.1 Å². The third kappa shape index (κ3) is 5.08. The van der Waals surface area contributed by atoms with Crippen molar-refractivity contribution in [2.24, 2.45) is 11.1 Å². The molecule has 0 saturated carbocycles. The van der Waals surface area contributed by atoms with Crippen molar-refractivity contribution in [2.45, 2.75) is 33.5 Å². The molecule has 0 atom stereocenters. The SMILES string of the molecule is CCN(CC(C)(C)CN)C(=O)c1cccn1CC(F)(F)F. The fraction of sp³-hybridized carbons (Fsp3) is 0.643. The number of halogens is 3. The van der Waals surface area contributed by atoms with Crippen LogP contribution in [0, 0.1) is 5.41 Å². The van der Waals surface area contributed by atoms with Gasteiger partial charge in [0.05, 0.1) is 0 Å². The minimum Gasteiger partial charge on any atom is -0.337 e. The van der Waals surface area contributed by atoms with Crippen molar-refractivity contribution in [3.05, 3.63) is 24.0 Å². The number of amides is 1. The van der Waals surface area contributed by atoms with Crippen LogP contribution in [0.3, 0.4) is 0 Å². The van der Waals surface area contributed by atoms with Crippen molar-refractivity contribution in [1.29, 1.82) is 0 Å². The minimum atomic E-state index is -4.36. The summed E-state index contributed by atoms with van der Waals surface area (Å²) in [5.74, 6) is -0.409. The number of hydrogen-bond donors (Lipinski definition) is 1. The topological polar surface area (TPSA) is 51.3 Å². The van der Waals surface area contributed by atoms with Crippen LogP contribution in [0.25, 0.3) is 0 Å². The quantitative estimate of drug-likeness (QED) is 0.878. The number of carbonyl (C=O) groups is 1. The monoisotopic (exact) mass is 305 g/mol. The van der Waals surface area contributed by atoms with E-state index in [4.69, 9.17) is 5.73 Å². The van der Waals surface area contributed by atoms with E-state index in [1.165, 1.54) is 23.2 Å². The van der Waals surface area contributed by atoms with Gasteiger partial charge in [0, 0.05) is 19.3 Å². The summed E-state index contributed by atoms with van der Waals surface area (Å²) in [6.45, 7) is 5.66. The number of nitrogens with two attached hydrogens (primary N) is 1. The molecule has 0 aliphatic carbocycles. The Morgan fingerprint density at radius 2 is 2.00 bits per heavy atom. The van der Waals surface area contributed by atoms with Crippen molar-refractivity contribution in [1.82, 2.24) is 9.47 Å². The maximum atomic E-state index is 12.5. The molecule has 0 spiro atoms. The van der Waals surface area contributed by atoms with E-state index in [1.807, 2.05) is 13.8 Å². The molecule has 2 N–H and O–H groups in total. The highest BCUT2D eigenvalue weighted by Crippen LogP contribution is 2.21. The summed E-state index contributed by atoms with van der Waals surface area (Å²) in [5, 5.41) is 0. The maximum Gasteiger partial charge on any atom is 0.406 e. The van der Waals surface area contributed by atoms with Gasteiger partial charge >= 0.3 is 6.18 Å². The lowest BCUT2D eigenvalue weighted by Crippen LogP contribution is -2.42. The van der Waals surface area contributed by atoms with Crippen molar-refractivity contribution >= 4 is 5.91 Å². The predicted molar refractivity (Wildman–Crippen MR) is 74.9 cm³/mol. The Hall–Kier alpha value is -1.50. The van der Waals surface area contributed by atoms with Crippen LogP contribution in [0.15, 0.2) is 18.3 Å². The van der Waals surface area contributed by atoms with E-state index in [1.54, 1.807) is 6.92 Å². The Bertz CT molecular complexity index is 480. The summed E-state index contributed by atoms with van der Waals surface area (Å²) >= 11 is 0. The molecule has 0 unspecified atom stereocenters. The Kier molecular flexibility index (Phi) is 5.44. The third-order valence-electron chi connectivity index (χ3n) is 3.24. The zero-order valence-electron chi connectivity index (χ0n) is 12.6. The molecule has 0 aliphatic heterocycles. The molecule has 0 saturated heterocycles. The second-order valence-corrected chi connectivity index (χ2v) is 5.82. The highest BCUT2D eigenvalue weighted by atomic mass is 19.4. The lowest BCUT2D eigenvalue weighted by molar-refractivity contribution is -0.140. The van der Waals surface area contributed by atoms with Gasteiger partial charge in [0.1, 0.15) is 12.2 Å². The second kappa shape index (κ2) is 6.51. The molecule has 0 aliphatic rings. The second-order valence-electron chi connectivity index (χ2n) is 5.82. The molecule has 1 rings (SSSR count). The minimum absolute atomic E-state index is 0.0435. The summed E-state index contributed by atoms with van der Waals surface area (Å²) in [7, 11) is 0. The van der Waals surface area contributed by atoms with Crippen LogP contribution < -0.4 is 5.73 Å². The molecule has 0 bridgehead atoms. The highest BCUT2D eigenvalue weighted by Gasteiger charge is 2.31. The largest absolute Gasteiger partial charge is 0.406 e. The molecule has 1 heterocycles. The number of aromatic nitrogens is 1. The van der Waals surface area contributed by atoms with Gasteiger partial charge in [0.25, 0.3) is 5.91 Å². The molecule has 1 amide bonds. The number of rotatable bonds is 6. The lowest BCUT2D eigenvalue weighted by Gasteiger charge is -2.31. The van der Waals surface area contributed by atoms with Gasteiger partial charge in [0.2, 0.25) is 0 Å². The van der Waals surface area contributed by atoms with Crippen molar-refractivity contribution < 1.29 is 18.0 Å². The van der Waals surface area contributed by atoms with Crippen LogP contribution in [-0.4, -0.2) is 41.2 Å². The zero-order chi connectivity index (χ0) is 16.3. The summed E-state index contributed by atoms with van der Waals surface area (Å²) in [4.78, 5) is 14.0. The molecule has 1 aromatic rings. The first-order valence-corrected chi connectivity index (χ1v) is 6.81. The standard InChI is InChI=1S/C14H22F3N3O/c1-4-19(9-13(2,3)8-18)12(21)11-6-5-7-20(11)10-14(15,16)17/h5-7H,4,8-10,18H2,1-3H3. The Morgan fingerprint density at radius 1 is 1.38 bits per heavy atom. The van der Waals surface area contributed by atoms with E-state index < -0.39 is 18.6 Å². The van der Waals surface area contributed by atoms with Gasteiger partial charge in [-0.2, -0.15) is 13.2 Å². The van der Waals surface area contributed by atoms with Gasteiger partial charge in [-0.15, -0.1) is 0 Å². The Labute approximate surface area is 122 Å². The molecule has 0 radical (unpaired) electrons. The van der Waals surface area contributed by atoms with E-state index in [2.05, 4.69) is 0 Å². The molecule has 0 fully saturated rings. The van der Waals surface area contributed by atoms with Crippen LogP contribution in [0.2, 0.25) is 0 Å². The van der Waals surface area contributed by atoms with Gasteiger partial charge in [-0.05, 0) is 31.0 Å². The smallest absolute Gasteiger partial charge is 0.337 e. The number of nitrogens with zero attached hydrogens (tertiary/aromatic N) is 2. The Balaban J connectivity index is 2.94. The molecule has 120 valence electrons. The van der Waals surface area contributed by atoms with Gasteiger partial charge < -0.3 is 15.2 Å². The maximum absolute atomic E-state index is 12.5. The van der Waals surface area contributed by atoms with Crippen LogP contribution in [0.4, 0.5) is 13.2 Å². The lowest BCUT2D eigenvalue weighted by atomic mass is 9.93. The van der Waals surface area contributed by atoms with E-state index in [0.717, 1.165) is 4.57 Å². The molecular formula is C14H22F3N3O. The molecule has 7 heteroatoms. The van der Waals surface area contributed by atoms with Gasteiger partial charge in [0.15, 0.2) is 0 Å².